The number of benzene rings is 1. The van der Waals surface area contributed by atoms with E-state index < -0.39 is 14.9 Å². The predicted octanol–water partition coefficient (Wildman–Crippen LogP) is 2.01. The summed E-state index contributed by atoms with van der Waals surface area (Å²) in [6.45, 7) is -0.0657. The van der Waals surface area contributed by atoms with E-state index in [9.17, 15) is 18.5 Å². The number of non-ortho nitro benzene ring substituents is 1. The van der Waals surface area contributed by atoms with Crippen LogP contribution < -0.4 is 4.72 Å². The number of nitriles is 1. The van der Waals surface area contributed by atoms with Crippen LogP contribution in [0.4, 0.5) is 5.69 Å². The monoisotopic (exact) mass is 323 g/mol. The fourth-order valence-electron chi connectivity index (χ4n) is 1.55. The van der Waals surface area contributed by atoms with Crippen molar-refractivity contribution in [2.24, 2.45) is 0 Å². The number of hydrogen-bond donors (Lipinski definition) is 1. The Kier molecular flexibility index (Phi) is 4.32. The number of nitrogens with zero attached hydrogens (tertiary/aromatic N) is 2. The molecule has 1 heterocycles. The van der Waals surface area contributed by atoms with Crippen LogP contribution in [0, 0.1) is 21.4 Å². The molecule has 0 radical (unpaired) electrons. The van der Waals surface area contributed by atoms with Gasteiger partial charge in [0.05, 0.1) is 4.92 Å². The van der Waals surface area contributed by atoms with Crippen LogP contribution in [0.25, 0.3) is 0 Å². The zero-order chi connectivity index (χ0) is 15.5. The summed E-state index contributed by atoms with van der Waals surface area (Å²) in [7, 11) is -3.73. The minimum atomic E-state index is -3.73. The smallest absolute Gasteiger partial charge is 0.258 e. The molecule has 0 fully saturated rings. The molecule has 9 heteroatoms. The van der Waals surface area contributed by atoms with Crippen LogP contribution in [0.5, 0.6) is 0 Å². The first-order valence-corrected chi connectivity index (χ1v) is 7.95. The van der Waals surface area contributed by atoms with Gasteiger partial charge in [0.1, 0.15) is 15.2 Å². The van der Waals surface area contributed by atoms with Crippen molar-refractivity contribution < 1.29 is 13.3 Å². The van der Waals surface area contributed by atoms with E-state index in [1.807, 2.05) is 6.07 Å². The number of thiophene rings is 1. The summed E-state index contributed by atoms with van der Waals surface area (Å²) in [6.07, 6.45) is 0. The molecule has 2 aromatic rings. The number of nitro benzene ring substituents is 1. The number of nitrogens with one attached hydrogen (secondary N) is 1. The molecule has 1 aromatic carbocycles. The van der Waals surface area contributed by atoms with Crippen LogP contribution in [0.3, 0.4) is 0 Å². The van der Waals surface area contributed by atoms with Gasteiger partial charge in [0.25, 0.3) is 5.69 Å². The molecule has 0 aliphatic carbocycles. The van der Waals surface area contributed by atoms with Gasteiger partial charge in [-0.1, -0.05) is 12.1 Å². The Bertz CT molecular complexity index is 821. The molecule has 0 amide bonds. The zero-order valence-corrected chi connectivity index (χ0v) is 12.1. The number of rotatable bonds is 5. The van der Waals surface area contributed by atoms with Crippen LogP contribution in [0.1, 0.15) is 10.4 Å². The minimum Gasteiger partial charge on any atom is -0.258 e. The molecular weight excluding hydrogens is 314 g/mol. The van der Waals surface area contributed by atoms with Gasteiger partial charge in [0.15, 0.2) is 0 Å². The summed E-state index contributed by atoms with van der Waals surface area (Å²) in [4.78, 5) is 10.4. The van der Waals surface area contributed by atoms with Gasteiger partial charge in [0.2, 0.25) is 10.0 Å². The largest absolute Gasteiger partial charge is 0.269 e. The lowest BCUT2D eigenvalue weighted by atomic mass is 10.2. The van der Waals surface area contributed by atoms with Crippen molar-refractivity contribution in [2.75, 3.05) is 0 Å². The van der Waals surface area contributed by atoms with E-state index in [1.54, 1.807) is 6.07 Å². The minimum absolute atomic E-state index is 0.0319. The second-order valence-corrected chi connectivity index (χ2v) is 7.06. The van der Waals surface area contributed by atoms with Gasteiger partial charge in [-0.05, 0) is 17.7 Å². The maximum atomic E-state index is 12.0. The fraction of sp³-hybridized carbons (Fsp3) is 0.0833. The van der Waals surface area contributed by atoms with Crippen molar-refractivity contribution in [2.45, 2.75) is 10.8 Å². The van der Waals surface area contributed by atoms with Crippen LogP contribution >= 0.6 is 11.3 Å². The van der Waals surface area contributed by atoms with Crippen molar-refractivity contribution in [3.8, 4) is 6.07 Å². The van der Waals surface area contributed by atoms with Crippen molar-refractivity contribution in [3.63, 3.8) is 0 Å². The van der Waals surface area contributed by atoms with Crippen LogP contribution in [-0.4, -0.2) is 13.3 Å². The third-order valence-corrected chi connectivity index (χ3v) is 5.43. The second-order valence-electron chi connectivity index (χ2n) is 3.98. The van der Waals surface area contributed by atoms with E-state index in [0.29, 0.717) is 10.4 Å². The highest BCUT2D eigenvalue weighted by molar-refractivity contribution is 7.91. The van der Waals surface area contributed by atoms with Gasteiger partial charge in [-0.25, -0.2) is 13.1 Å². The lowest BCUT2D eigenvalue weighted by Gasteiger charge is -2.04. The summed E-state index contributed by atoms with van der Waals surface area (Å²) in [5.74, 6) is 0. The van der Waals surface area contributed by atoms with Gasteiger partial charge in [-0.15, -0.1) is 11.3 Å². The average Bonchev–Trinajstić information content (AvgIpc) is 2.95. The van der Waals surface area contributed by atoms with E-state index in [0.717, 1.165) is 11.3 Å². The van der Waals surface area contributed by atoms with Gasteiger partial charge >= 0.3 is 0 Å². The van der Waals surface area contributed by atoms with E-state index >= 15 is 0 Å². The van der Waals surface area contributed by atoms with Gasteiger partial charge in [-0.3, -0.25) is 10.1 Å². The zero-order valence-electron chi connectivity index (χ0n) is 10.5. The molecule has 0 saturated heterocycles. The highest BCUT2D eigenvalue weighted by Crippen LogP contribution is 2.21. The maximum absolute atomic E-state index is 12.0. The summed E-state index contributed by atoms with van der Waals surface area (Å²) in [5, 5.41) is 19.3. The molecule has 2 rings (SSSR count). The standard InChI is InChI=1S/C12H9N3O4S2/c13-7-11-4-5-12(20-11)21(18,19)14-8-9-2-1-3-10(6-9)15(16)17/h1-6,14H,8H2. The molecule has 0 saturated carbocycles. The van der Waals surface area contributed by atoms with Gasteiger partial charge in [-0.2, -0.15) is 5.26 Å². The molecule has 0 spiro atoms. The number of sulfonamides is 1. The van der Waals surface area contributed by atoms with E-state index in [2.05, 4.69) is 4.72 Å². The third-order valence-electron chi connectivity index (χ3n) is 2.54. The van der Waals surface area contributed by atoms with E-state index in [4.69, 9.17) is 5.26 Å². The molecule has 0 aliphatic rings. The van der Waals surface area contributed by atoms with Crippen molar-refractivity contribution in [1.29, 1.82) is 5.26 Å². The summed E-state index contributed by atoms with van der Waals surface area (Å²) in [5.41, 5.74) is 0.374. The van der Waals surface area contributed by atoms with E-state index in [-0.39, 0.29) is 16.4 Å². The summed E-state index contributed by atoms with van der Waals surface area (Å²) < 4.78 is 26.4. The van der Waals surface area contributed by atoms with Crippen molar-refractivity contribution in [3.05, 3.63) is 57.0 Å². The number of hydrogen-bond acceptors (Lipinski definition) is 6. The van der Waals surface area contributed by atoms with Crippen molar-refractivity contribution in [1.82, 2.24) is 4.72 Å². The van der Waals surface area contributed by atoms with Crippen LogP contribution in [0.2, 0.25) is 0 Å². The Balaban J connectivity index is 2.13. The second kappa shape index (κ2) is 6.01. The van der Waals surface area contributed by atoms with Crippen molar-refractivity contribution >= 4 is 27.0 Å². The Morgan fingerprint density at radius 3 is 2.71 bits per heavy atom. The molecular formula is C12H9N3O4S2. The van der Waals surface area contributed by atoms with E-state index in [1.165, 1.54) is 30.3 Å². The van der Waals surface area contributed by atoms with Gasteiger partial charge < -0.3 is 0 Å². The van der Waals surface area contributed by atoms with Crippen LogP contribution in [0.15, 0.2) is 40.6 Å². The average molecular weight is 323 g/mol. The summed E-state index contributed by atoms with van der Waals surface area (Å²) in [6, 6.07) is 10.3. The highest BCUT2D eigenvalue weighted by Gasteiger charge is 2.17. The number of nitro groups is 1. The normalized spacial score (nSPS) is 11.0. The lowest BCUT2D eigenvalue weighted by molar-refractivity contribution is -0.384. The topological polar surface area (TPSA) is 113 Å². The molecule has 1 aromatic heterocycles. The molecule has 0 bridgehead atoms. The lowest BCUT2D eigenvalue weighted by Crippen LogP contribution is -2.22. The first-order chi connectivity index (χ1) is 9.92. The maximum Gasteiger partial charge on any atom is 0.269 e. The Hall–Kier alpha value is -2.28. The van der Waals surface area contributed by atoms with Crippen LogP contribution in [-0.2, 0) is 16.6 Å². The molecule has 108 valence electrons. The fourth-order valence-corrected chi connectivity index (χ4v) is 3.72. The summed E-state index contributed by atoms with van der Waals surface area (Å²) >= 11 is 0.863. The Morgan fingerprint density at radius 1 is 1.33 bits per heavy atom. The SMILES string of the molecule is N#Cc1ccc(S(=O)(=O)NCc2cccc([N+](=O)[O-])c2)s1. The molecule has 0 atom stereocenters. The first-order valence-electron chi connectivity index (χ1n) is 5.65. The Labute approximate surface area is 124 Å². The highest BCUT2D eigenvalue weighted by atomic mass is 32.2. The molecule has 21 heavy (non-hydrogen) atoms. The third kappa shape index (κ3) is 3.63. The first kappa shape index (κ1) is 15.1. The predicted molar refractivity (Wildman–Crippen MR) is 76.2 cm³/mol. The molecule has 0 unspecified atom stereocenters. The molecule has 7 nitrogen and oxygen atoms in total. The van der Waals surface area contributed by atoms with Gasteiger partial charge in [0, 0.05) is 18.7 Å². The quantitative estimate of drug-likeness (QED) is 0.668. The Morgan fingerprint density at radius 2 is 2.10 bits per heavy atom. The molecule has 0 aliphatic heterocycles. The molecule has 1 N–H and O–H groups in total.